The van der Waals surface area contributed by atoms with Gasteiger partial charge in [-0.1, -0.05) is 70.4 Å². The SMILES string of the molecule is CC1(C)C2CCC1(C)C(OC(=O)C1CCCN1C(=O)C(NC(=O)C(O)Cc1ccccc1)C1CCCCC1)C2. The number of nitrogens with one attached hydrogen (secondary N) is 1. The topological polar surface area (TPSA) is 95.9 Å². The Bertz CT molecular complexity index is 1050. The summed E-state index contributed by atoms with van der Waals surface area (Å²) in [6, 6.07) is 8.04. The van der Waals surface area contributed by atoms with Crippen LogP contribution in [0.4, 0.5) is 0 Å². The molecule has 214 valence electrons. The van der Waals surface area contributed by atoms with E-state index in [-0.39, 0.29) is 41.1 Å². The zero-order valence-corrected chi connectivity index (χ0v) is 23.9. The Morgan fingerprint density at radius 3 is 2.38 bits per heavy atom. The Morgan fingerprint density at radius 2 is 1.74 bits per heavy atom. The van der Waals surface area contributed by atoms with Gasteiger partial charge in [-0.15, -0.1) is 0 Å². The number of amides is 2. The van der Waals surface area contributed by atoms with Gasteiger partial charge in [0.2, 0.25) is 11.8 Å². The minimum atomic E-state index is -1.24. The highest BCUT2D eigenvalue weighted by Crippen LogP contribution is 2.66. The molecule has 0 radical (unpaired) electrons. The second-order valence-corrected chi connectivity index (χ2v) is 13.3. The number of nitrogens with zero attached hydrogens (tertiary/aromatic N) is 1. The highest BCUT2D eigenvalue weighted by atomic mass is 16.5. The lowest BCUT2D eigenvalue weighted by Gasteiger charge is -2.39. The lowest BCUT2D eigenvalue weighted by molar-refractivity contribution is -0.165. The van der Waals surface area contributed by atoms with Crippen molar-refractivity contribution in [1.82, 2.24) is 10.2 Å². The summed E-state index contributed by atoms with van der Waals surface area (Å²) in [4.78, 5) is 42.3. The molecule has 7 nitrogen and oxygen atoms in total. The van der Waals surface area contributed by atoms with Crippen molar-refractivity contribution in [3.63, 3.8) is 0 Å². The Balaban J connectivity index is 1.27. The Hall–Kier alpha value is -2.41. The molecule has 1 heterocycles. The number of esters is 1. The molecule has 2 amide bonds. The Labute approximate surface area is 233 Å². The fourth-order valence-electron chi connectivity index (χ4n) is 8.01. The van der Waals surface area contributed by atoms with E-state index < -0.39 is 24.1 Å². The third kappa shape index (κ3) is 5.36. The van der Waals surface area contributed by atoms with Crippen LogP contribution < -0.4 is 5.32 Å². The van der Waals surface area contributed by atoms with Crippen molar-refractivity contribution in [2.24, 2.45) is 22.7 Å². The van der Waals surface area contributed by atoms with E-state index >= 15 is 0 Å². The largest absolute Gasteiger partial charge is 0.460 e. The number of hydrogen-bond donors (Lipinski definition) is 2. The van der Waals surface area contributed by atoms with Crippen molar-refractivity contribution >= 4 is 17.8 Å². The van der Waals surface area contributed by atoms with Gasteiger partial charge in [0.05, 0.1) is 0 Å². The average Bonchev–Trinajstić information content (AvgIpc) is 3.56. The number of hydrogen-bond acceptors (Lipinski definition) is 5. The van der Waals surface area contributed by atoms with Crippen molar-refractivity contribution in [1.29, 1.82) is 0 Å². The number of aliphatic hydroxyl groups is 1. The first-order valence-electron chi connectivity index (χ1n) is 15.1. The van der Waals surface area contributed by atoms with Crippen LogP contribution in [0.15, 0.2) is 30.3 Å². The van der Waals surface area contributed by atoms with Crippen LogP contribution in [-0.4, -0.2) is 58.6 Å². The molecule has 0 spiro atoms. The minimum Gasteiger partial charge on any atom is -0.460 e. The molecule has 4 aliphatic rings. The standard InChI is InChI=1S/C32H46N2O5/c1-31(2)23-16-17-32(31,3)26(20-23)39-30(38)24-15-10-18-34(24)29(37)27(22-13-8-5-9-14-22)33-28(36)25(35)19-21-11-6-4-7-12-21/h4,6-7,11-12,22-27,35H,5,8-10,13-20H2,1-3H3,(H,33,36). The summed E-state index contributed by atoms with van der Waals surface area (Å²) in [5, 5.41) is 13.6. The average molecular weight is 539 g/mol. The first-order chi connectivity index (χ1) is 18.6. The molecule has 2 N–H and O–H groups in total. The lowest BCUT2D eigenvalue weighted by Crippen LogP contribution is -2.57. The van der Waals surface area contributed by atoms with E-state index in [2.05, 4.69) is 26.1 Å². The second kappa shape index (κ2) is 11.2. The van der Waals surface area contributed by atoms with Crippen LogP contribution in [0, 0.1) is 22.7 Å². The van der Waals surface area contributed by atoms with Gasteiger partial charge in [-0.2, -0.15) is 0 Å². The molecule has 1 aromatic rings. The molecule has 3 aliphatic carbocycles. The summed E-state index contributed by atoms with van der Waals surface area (Å²) in [6.45, 7) is 7.34. The monoisotopic (exact) mass is 538 g/mol. The van der Waals surface area contributed by atoms with Crippen LogP contribution in [0.2, 0.25) is 0 Å². The van der Waals surface area contributed by atoms with E-state index in [1.807, 2.05) is 30.3 Å². The van der Waals surface area contributed by atoms with Gasteiger partial charge in [-0.3, -0.25) is 9.59 Å². The molecular formula is C32H46N2O5. The third-order valence-electron chi connectivity index (χ3n) is 11.0. The fourth-order valence-corrected chi connectivity index (χ4v) is 8.01. The predicted octanol–water partition coefficient (Wildman–Crippen LogP) is 4.40. The maximum absolute atomic E-state index is 14.0. The molecular weight excluding hydrogens is 492 g/mol. The number of benzene rings is 1. The molecule has 6 unspecified atom stereocenters. The maximum atomic E-state index is 14.0. The van der Waals surface area contributed by atoms with Crippen molar-refractivity contribution in [2.75, 3.05) is 6.54 Å². The number of carbonyl (C=O) groups is 3. The number of aliphatic hydroxyl groups excluding tert-OH is 1. The van der Waals surface area contributed by atoms with Crippen LogP contribution in [-0.2, 0) is 25.5 Å². The Kier molecular flexibility index (Phi) is 8.10. The van der Waals surface area contributed by atoms with E-state index in [9.17, 15) is 19.5 Å². The highest BCUT2D eigenvalue weighted by molar-refractivity contribution is 5.92. The van der Waals surface area contributed by atoms with Gasteiger partial charge < -0.3 is 20.1 Å². The van der Waals surface area contributed by atoms with E-state index in [0.717, 1.165) is 56.9 Å². The summed E-state index contributed by atoms with van der Waals surface area (Å²) in [7, 11) is 0. The summed E-state index contributed by atoms with van der Waals surface area (Å²) >= 11 is 0. The minimum absolute atomic E-state index is 0.00155. The molecule has 1 aliphatic heterocycles. The van der Waals surface area contributed by atoms with Gasteiger partial charge in [0.15, 0.2) is 0 Å². The molecule has 1 aromatic carbocycles. The number of rotatable bonds is 8. The fraction of sp³-hybridized carbons (Fsp3) is 0.719. The summed E-state index contributed by atoms with van der Waals surface area (Å²) < 4.78 is 6.20. The van der Waals surface area contributed by atoms with E-state index in [1.165, 1.54) is 6.42 Å². The van der Waals surface area contributed by atoms with Crippen molar-refractivity contribution < 1.29 is 24.2 Å². The van der Waals surface area contributed by atoms with Gasteiger partial charge in [0, 0.05) is 18.4 Å². The summed E-state index contributed by atoms with van der Waals surface area (Å²) in [5.74, 6) is -0.468. The van der Waals surface area contributed by atoms with Crippen LogP contribution in [0.25, 0.3) is 0 Å². The third-order valence-corrected chi connectivity index (χ3v) is 11.0. The molecule has 0 aromatic heterocycles. The quantitative estimate of drug-likeness (QED) is 0.478. The van der Waals surface area contributed by atoms with E-state index in [4.69, 9.17) is 4.74 Å². The van der Waals surface area contributed by atoms with Crippen molar-refractivity contribution in [3.8, 4) is 0 Å². The normalized spacial score (nSPS) is 31.6. The van der Waals surface area contributed by atoms with Gasteiger partial charge in [-0.05, 0) is 67.8 Å². The van der Waals surface area contributed by atoms with Gasteiger partial charge in [-0.25, -0.2) is 4.79 Å². The van der Waals surface area contributed by atoms with E-state index in [0.29, 0.717) is 18.9 Å². The van der Waals surface area contributed by atoms with Crippen LogP contribution in [0.5, 0.6) is 0 Å². The Morgan fingerprint density at radius 1 is 1.03 bits per heavy atom. The maximum Gasteiger partial charge on any atom is 0.329 e. The first kappa shape index (κ1) is 28.1. The second-order valence-electron chi connectivity index (χ2n) is 13.3. The number of fused-ring (bicyclic) bond motifs is 2. The molecule has 39 heavy (non-hydrogen) atoms. The molecule has 7 heteroatoms. The molecule has 5 rings (SSSR count). The molecule has 6 atom stereocenters. The molecule has 1 saturated heterocycles. The van der Waals surface area contributed by atoms with Crippen LogP contribution in [0.1, 0.15) is 90.5 Å². The summed E-state index contributed by atoms with van der Waals surface area (Å²) in [5.41, 5.74) is 0.967. The number of carbonyl (C=O) groups excluding carboxylic acids is 3. The zero-order chi connectivity index (χ0) is 27.8. The van der Waals surface area contributed by atoms with Gasteiger partial charge in [0.1, 0.15) is 24.3 Å². The van der Waals surface area contributed by atoms with Crippen molar-refractivity contribution in [2.45, 2.75) is 116 Å². The van der Waals surface area contributed by atoms with Crippen molar-refractivity contribution in [3.05, 3.63) is 35.9 Å². The molecule has 3 saturated carbocycles. The number of likely N-dealkylation sites (tertiary alicyclic amines) is 1. The van der Waals surface area contributed by atoms with Gasteiger partial charge >= 0.3 is 5.97 Å². The van der Waals surface area contributed by atoms with Gasteiger partial charge in [0.25, 0.3) is 0 Å². The predicted molar refractivity (Wildman–Crippen MR) is 149 cm³/mol. The number of ether oxygens (including phenoxy) is 1. The highest BCUT2D eigenvalue weighted by Gasteiger charge is 2.63. The smallest absolute Gasteiger partial charge is 0.329 e. The van der Waals surface area contributed by atoms with E-state index in [1.54, 1.807) is 4.90 Å². The van der Waals surface area contributed by atoms with Crippen LogP contribution in [0.3, 0.4) is 0 Å². The molecule has 4 fully saturated rings. The zero-order valence-electron chi connectivity index (χ0n) is 23.9. The molecule has 2 bridgehead atoms. The lowest BCUT2D eigenvalue weighted by atomic mass is 9.70. The first-order valence-corrected chi connectivity index (χ1v) is 15.1. The summed E-state index contributed by atoms with van der Waals surface area (Å²) in [6.07, 6.45) is 8.16. The van der Waals surface area contributed by atoms with Crippen LogP contribution >= 0.6 is 0 Å².